The topological polar surface area (TPSA) is 46.8 Å². The smallest absolute Gasteiger partial charge is 0.189 e. The third-order valence-electron chi connectivity index (χ3n) is 3.13. The summed E-state index contributed by atoms with van der Waals surface area (Å²) in [5.41, 5.74) is 0. The summed E-state index contributed by atoms with van der Waals surface area (Å²) in [7, 11) is 0. The molecule has 0 amide bonds. The van der Waals surface area contributed by atoms with Crippen LogP contribution in [0.2, 0.25) is 0 Å². The van der Waals surface area contributed by atoms with E-state index in [0.717, 1.165) is 35.1 Å². The van der Waals surface area contributed by atoms with Crippen molar-refractivity contribution in [2.75, 3.05) is 24.2 Å². The number of hydrogen-bond acceptors (Lipinski definition) is 5. The Morgan fingerprint density at radius 3 is 3.00 bits per heavy atom. The molecule has 0 bridgehead atoms. The van der Waals surface area contributed by atoms with Gasteiger partial charge in [0.2, 0.25) is 0 Å². The first-order valence-electron chi connectivity index (χ1n) is 6.04. The van der Waals surface area contributed by atoms with Gasteiger partial charge < -0.3 is 4.90 Å². The largest absolute Gasteiger partial charge is 0.356 e. The average molecular weight is 340 g/mol. The second-order valence-electron chi connectivity index (χ2n) is 4.55. The molecular weight excluding hydrogens is 326 g/mol. The van der Waals surface area contributed by atoms with Gasteiger partial charge in [-0.1, -0.05) is 11.8 Å². The van der Waals surface area contributed by atoms with Gasteiger partial charge in [-0.2, -0.15) is 5.10 Å². The van der Waals surface area contributed by atoms with Crippen molar-refractivity contribution >= 4 is 33.5 Å². The highest BCUT2D eigenvalue weighted by Crippen LogP contribution is 2.25. The molecular formula is C12H14BrN5S. The summed E-state index contributed by atoms with van der Waals surface area (Å²) in [4.78, 5) is 11.0. The average Bonchev–Trinajstić information content (AvgIpc) is 2.79. The van der Waals surface area contributed by atoms with Gasteiger partial charge in [0.05, 0.1) is 10.7 Å². The monoisotopic (exact) mass is 339 g/mol. The summed E-state index contributed by atoms with van der Waals surface area (Å²) >= 11 is 4.99. The first-order valence-corrected chi connectivity index (χ1v) is 8.06. The van der Waals surface area contributed by atoms with E-state index in [1.807, 2.05) is 35.6 Å². The molecule has 1 fully saturated rings. The molecule has 100 valence electrons. The van der Waals surface area contributed by atoms with Crippen molar-refractivity contribution in [1.82, 2.24) is 19.7 Å². The summed E-state index contributed by atoms with van der Waals surface area (Å²) in [5.74, 6) is 1.66. The van der Waals surface area contributed by atoms with Gasteiger partial charge in [0.25, 0.3) is 0 Å². The number of halogens is 1. The van der Waals surface area contributed by atoms with Gasteiger partial charge in [-0.25, -0.2) is 9.97 Å². The van der Waals surface area contributed by atoms with Crippen molar-refractivity contribution in [1.29, 1.82) is 0 Å². The van der Waals surface area contributed by atoms with Gasteiger partial charge in [0.1, 0.15) is 5.82 Å². The van der Waals surface area contributed by atoms with Crippen LogP contribution in [-0.4, -0.2) is 39.1 Å². The number of aromatic nitrogens is 4. The van der Waals surface area contributed by atoms with Crippen molar-refractivity contribution < 1.29 is 0 Å². The molecule has 0 radical (unpaired) electrons. The molecule has 19 heavy (non-hydrogen) atoms. The van der Waals surface area contributed by atoms with Crippen LogP contribution < -0.4 is 4.90 Å². The number of hydrogen-bond donors (Lipinski definition) is 0. The summed E-state index contributed by atoms with van der Waals surface area (Å²) in [6.07, 6.45) is 7.66. The van der Waals surface area contributed by atoms with E-state index in [1.165, 1.54) is 0 Å². The highest BCUT2D eigenvalue weighted by molar-refractivity contribution is 9.10. The van der Waals surface area contributed by atoms with E-state index < -0.39 is 0 Å². The van der Waals surface area contributed by atoms with Gasteiger partial charge >= 0.3 is 0 Å². The summed E-state index contributed by atoms with van der Waals surface area (Å²) in [6.45, 7) is 3.02. The van der Waals surface area contributed by atoms with Crippen LogP contribution >= 0.6 is 27.7 Å². The third-order valence-corrected chi connectivity index (χ3v) is 4.10. The van der Waals surface area contributed by atoms with E-state index in [0.29, 0.717) is 5.92 Å². The first-order chi connectivity index (χ1) is 9.24. The zero-order valence-corrected chi connectivity index (χ0v) is 12.9. The first kappa shape index (κ1) is 12.9. The molecule has 1 aliphatic rings. The maximum absolute atomic E-state index is 4.51. The minimum atomic E-state index is 0.638. The standard InChI is InChI=1S/C12H14BrN5S/c1-19-12-14-3-2-11(16-12)17-5-9(6-17)7-18-8-10(13)4-15-18/h2-4,8-9H,5-7H2,1H3. The highest BCUT2D eigenvalue weighted by atomic mass is 79.9. The SMILES string of the molecule is CSc1nccc(N2CC(Cn3cc(Br)cn3)C2)n1. The molecule has 1 saturated heterocycles. The van der Waals surface area contributed by atoms with Gasteiger partial charge in [-0.3, -0.25) is 4.68 Å². The normalized spacial score (nSPS) is 15.6. The van der Waals surface area contributed by atoms with Crippen LogP contribution in [0.4, 0.5) is 5.82 Å². The van der Waals surface area contributed by atoms with Crippen LogP contribution in [0.15, 0.2) is 34.3 Å². The zero-order valence-electron chi connectivity index (χ0n) is 10.5. The van der Waals surface area contributed by atoms with Crippen LogP contribution in [0.25, 0.3) is 0 Å². The molecule has 0 N–H and O–H groups in total. The minimum absolute atomic E-state index is 0.638. The molecule has 0 spiro atoms. The van der Waals surface area contributed by atoms with Gasteiger partial charge in [0, 0.05) is 37.9 Å². The van der Waals surface area contributed by atoms with Crippen molar-refractivity contribution in [2.24, 2.45) is 5.92 Å². The number of nitrogens with zero attached hydrogens (tertiary/aromatic N) is 5. The summed E-state index contributed by atoms with van der Waals surface area (Å²) in [5, 5.41) is 5.12. The van der Waals surface area contributed by atoms with E-state index in [1.54, 1.807) is 11.8 Å². The Morgan fingerprint density at radius 2 is 2.32 bits per heavy atom. The van der Waals surface area contributed by atoms with Crippen LogP contribution in [0.1, 0.15) is 0 Å². The minimum Gasteiger partial charge on any atom is -0.356 e. The van der Waals surface area contributed by atoms with E-state index in [-0.39, 0.29) is 0 Å². The van der Waals surface area contributed by atoms with E-state index in [2.05, 4.69) is 35.9 Å². The Hall–Kier alpha value is -1.08. The van der Waals surface area contributed by atoms with E-state index in [9.17, 15) is 0 Å². The Kier molecular flexibility index (Phi) is 3.74. The molecule has 5 nitrogen and oxygen atoms in total. The molecule has 7 heteroatoms. The predicted octanol–water partition coefficient (Wildman–Crippen LogP) is 2.29. The van der Waals surface area contributed by atoms with E-state index in [4.69, 9.17) is 0 Å². The predicted molar refractivity (Wildman–Crippen MR) is 79.4 cm³/mol. The van der Waals surface area contributed by atoms with Crippen molar-refractivity contribution in [3.05, 3.63) is 29.1 Å². The highest BCUT2D eigenvalue weighted by Gasteiger charge is 2.28. The lowest BCUT2D eigenvalue weighted by molar-refractivity contribution is 0.339. The number of thioether (sulfide) groups is 1. The fraction of sp³-hybridized carbons (Fsp3) is 0.417. The summed E-state index contributed by atoms with van der Waals surface area (Å²) < 4.78 is 3.02. The molecule has 1 aliphatic heterocycles. The van der Waals surface area contributed by atoms with Crippen LogP contribution in [0.3, 0.4) is 0 Å². The Bertz CT molecular complexity index is 567. The molecule has 0 atom stereocenters. The molecule has 3 rings (SSSR count). The molecule has 0 unspecified atom stereocenters. The van der Waals surface area contributed by atoms with Gasteiger partial charge in [0.15, 0.2) is 5.16 Å². The maximum Gasteiger partial charge on any atom is 0.189 e. The lowest BCUT2D eigenvalue weighted by atomic mass is 10.0. The Morgan fingerprint density at radius 1 is 1.47 bits per heavy atom. The second-order valence-corrected chi connectivity index (χ2v) is 6.24. The maximum atomic E-state index is 4.51. The molecule has 3 heterocycles. The Balaban J connectivity index is 1.57. The molecule has 2 aromatic heterocycles. The van der Waals surface area contributed by atoms with Crippen molar-refractivity contribution in [2.45, 2.75) is 11.7 Å². The summed E-state index contributed by atoms with van der Waals surface area (Å²) in [6, 6.07) is 1.97. The lowest BCUT2D eigenvalue weighted by Crippen LogP contribution is -2.49. The zero-order chi connectivity index (χ0) is 13.2. The Labute approximate surface area is 124 Å². The van der Waals surface area contributed by atoms with Gasteiger partial charge in [-0.15, -0.1) is 0 Å². The van der Waals surface area contributed by atoms with E-state index >= 15 is 0 Å². The molecule has 0 aliphatic carbocycles. The fourth-order valence-electron chi connectivity index (χ4n) is 2.18. The molecule has 0 aromatic carbocycles. The van der Waals surface area contributed by atoms with Gasteiger partial charge in [-0.05, 0) is 28.3 Å². The molecule has 0 saturated carbocycles. The number of rotatable bonds is 4. The molecule has 2 aromatic rings. The van der Waals surface area contributed by atoms with Crippen LogP contribution in [0, 0.1) is 5.92 Å². The second kappa shape index (κ2) is 5.50. The van der Waals surface area contributed by atoms with Crippen LogP contribution in [-0.2, 0) is 6.54 Å². The van der Waals surface area contributed by atoms with Crippen molar-refractivity contribution in [3.63, 3.8) is 0 Å². The third kappa shape index (κ3) is 2.92. The lowest BCUT2D eigenvalue weighted by Gasteiger charge is -2.40. The quantitative estimate of drug-likeness (QED) is 0.631. The van der Waals surface area contributed by atoms with Crippen LogP contribution in [0.5, 0.6) is 0 Å². The van der Waals surface area contributed by atoms with Crippen molar-refractivity contribution in [3.8, 4) is 0 Å². The number of anilines is 1. The fourth-order valence-corrected chi connectivity index (χ4v) is 2.86.